The van der Waals surface area contributed by atoms with Gasteiger partial charge in [-0.2, -0.15) is 0 Å². The van der Waals surface area contributed by atoms with E-state index in [9.17, 15) is 9.18 Å². The van der Waals surface area contributed by atoms with Crippen LogP contribution in [-0.2, 0) is 11.3 Å². The monoisotopic (exact) mass is 505 g/mol. The fraction of sp³-hybridized carbons (Fsp3) is 0.250. The van der Waals surface area contributed by atoms with Gasteiger partial charge in [-0.25, -0.2) is 14.4 Å². The van der Waals surface area contributed by atoms with Crippen molar-refractivity contribution in [3.8, 4) is 11.3 Å². The minimum absolute atomic E-state index is 0. The smallest absolute Gasteiger partial charge is 0.207 e. The molecule has 36 heavy (non-hydrogen) atoms. The van der Waals surface area contributed by atoms with Gasteiger partial charge in [0.05, 0.1) is 5.39 Å². The number of hydrogen-bond donors (Lipinski definition) is 2. The van der Waals surface area contributed by atoms with Crippen LogP contribution >= 0.6 is 11.3 Å². The van der Waals surface area contributed by atoms with Crippen LogP contribution in [0.5, 0.6) is 0 Å². The molecule has 6 rings (SSSR count). The van der Waals surface area contributed by atoms with E-state index >= 15 is 0 Å². The standard InChI is InChI=1S/C18H19FN4.C10H9NOS.2H2/c1-12-5-6-13(9-15(12)19)16-10-14-17(22-16)20-11-21-18(14)23-7-3-2-4-8-23;12-7-11-6-8-1-2-10-9(5-8)3-4-13-10;;/h5-6,9-11H,2-4,7-8H2,1H3,(H,20,21,22);1-5,7H,6H2,(H,11,12);2*1H. The summed E-state index contributed by atoms with van der Waals surface area (Å²) in [5.74, 6) is 0.785. The van der Waals surface area contributed by atoms with Crippen LogP contribution in [0.1, 0.15) is 33.2 Å². The summed E-state index contributed by atoms with van der Waals surface area (Å²) in [6, 6.07) is 15.6. The number of halogens is 1. The maximum Gasteiger partial charge on any atom is 0.207 e. The predicted octanol–water partition coefficient (Wildman–Crippen LogP) is 6.70. The van der Waals surface area contributed by atoms with Gasteiger partial charge in [-0.05, 0) is 78.4 Å². The fourth-order valence-electron chi connectivity index (χ4n) is 4.49. The summed E-state index contributed by atoms with van der Waals surface area (Å²) in [6.45, 7) is 4.44. The molecule has 0 saturated carbocycles. The largest absolute Gasteiger partial charge is 0.356 e. The lowest BCUT2D eigenvalue weighted by atomic mass is 10.1. The van der Waals surface area contributed by atoms with Crippen LogP contribution in [0.2, 0.25) is 0 Å². The van der Waals surface area contributed by atoms with Crippen LogP contribution in [0, 0.1) is 12.7 Å². The molecular formula is C28H32FN5OS. The maximum atomic E-state index is 13.8. The zero-order valence-corrected chi connectivity index (χ0v) is 20.9. The third-order valence-electron chi connectivity index (χ3n) is 6.45. The van der Waals surface area contributed by atoms with E-state index in [0.29, 0.717) is 12.1 Å². The molecule has 1 amide bonds. The van der Waals surface area contributed by atoms with E-state index < -0.39 is 0 Å². The molecule has 6 nitrogen and oxygen atoms in total. The Kier molecular flexibility index (Phi) is 7.23. The molecule has 0 spiro atoms. The molecule has 0 atom stereocenters. The normalized spacial score (nSPS) is 13.4. The topological polar surface area (TPSA) is 73.9 Å². The number of thiophene rings is 1. The molecule has 8 heteroatoms. The van der Waals surface area contributed by atoms with E-state index in [-0.39, 0.29) is 8.67 Å². The Balaban J connectivity index is 0.000000229. The summed E-state index contributed by atoms with van der Waals surface area (Å²) in [5, 5.41) is 6.97. The van der Waals surface area contributed by atoms with Gasteiger partial charge in [-0.15, -0.1) is 11.3 Å². The van der Waals surface area contributed by atoms with Gasteiger partial charge < -0.3 is 15.2 Å². The van der Waals surface area contributed by atoms with Gasteiger partial charge in [0, 0.05) is 38.4 Å². The molecule has 0 bridgehead atoms. The van der Waals surface area contributed by atoms with Gasteiger partial charge in [0.2, 0.25) is 6.41 Å². The first-order chi connectivity index (χ1) is 17.6. The Morgan fingerprint density at radius 3 is 2.78 bits per heavy atom. The lowest BCUT2D eigenvalue weighted by Gasteiger charge is -2.27. The summed E-state index contributed by atoms with van der Waals surface area (Å²) >= 11 is 1.73. The van der Waals surface area contributed by atoms with Crippen LogP contribution in [0.25, 0.3) is 32.4 Å². The SMILES string of the molecule is Cc1ccc(-c2cc3c(N4CCCCC4)ncnc3[nH]2)cc1F.O=CNCc1ccc2sccc2c1.[HH].[HH]. The van der Waals surface area contributed by atoms with E-state index in [0.717, 1.165) is 53.2 Å². The van der Waals surface area contributed by atoms with E-state index in [1.54, 1.807) is 36.7 Å². The van der Waals surface area contributed by atoms with E-state index in [4.69, 9.17) is 0 Å². The third kappa shape index (κ3) is 5.23. The van der Waals surface area contributed by atoms with Crippen LogP contribution < -0.4 is 10.2 Å². The first-order valence-corrected chi connectivity index (χ1v) is 13.0. The van der Waals surface area contributed by atoms with Gasteiger partial charge in [0.25, 0.3) is 0 Å². The number of aryl methyl sites for hydroxylation is 1. The molecule has 5 aromatic rings. The Bertz CT molecular complexity index is 1500. The average Bonchev–Trinajstić information content (AvgIpc) is 3.56. The molecule has 4 heterocycles. The summed E-state index contributed by atoms with van der Waals surface area (Å²) < 4.78 is 15.1. The number of piperidine rings is 1. The molecule has 2 aromatic carbocycles. The molecule has 1 fully saturated rings. The quantitative estimate of drug-likeness (QED) is 0.261. The zero-order valence-electron chi connectivity index (χ0n) is 20.1. The minimum Gasteiger partial charge on any atom is -0.356 e. The van der Waals surface area contributed by atoms with Crippen molar-refractivity contribution in [1.29, 1.82) is 0 Å². The second-order valence-electron chi connectivity index (χ2n) is 8.95. The first kappa shape index (κ1) is 23.9. The van der Waals surface area contributed by atoms with E-state index in [1.807, 2.05) is 18.2 Å². The summed E-state index contributed by atoms with van der Waals surface area (Å²) in [5.41, 5.74) is 4.29. The lowest BCUT2D eigenvalue weighted by molar-refractivity contribution is -0.109. The predicted molar refractivity (Wildman–Crippen MR) is 149 cm³/mol. The Morgan fingerprint density at radius 1 is 1.11 bits per heavy atom. The number of aromatic nitrogens is 3. The van der Waals surface area contributed by atoms with Gasteiger partial charge in [0.1, 0.15) is 23.6 Å². The number of nitrogens with one attached hydrogen (secondary N) is 2. The van der Waals surface area contributed by atoms with Crippen molar-refractivity contribution in [3.05, 3.63) is 77.2 Å². The third-order valence-corrected chi connectivity index (χ3v) is 7.35. The van der Waals surface area contributed by atoms with Crippen LogP contribution in [0.15, 0.2) is 60.2 Å². The second-order valence-corrected chi connectivity index (χ2v) is 9.89. The Morgan fingerprint density at radius 2 is 1.97 bits per heavy atom. The van der Waals surface area contributed by atoms with Crippen molar-refractivity contribution in [1.82, 2.24) is 20.3 Å². The van der Waals surface area contributed by atoms with E-state index in [2.05, 4.69) is 48.7 Å². The first-order valence-electron chi connectivity index (χ1n) is 12.1. The van der Waals surface area contributed by atoms with Crippen molar-refractivity contribution in [3.63, 3.8) is 0 Å². The number of carbonyl (C=O) groups is 1. The van der Waals surface area contributed by atoms with Crippen LogP contribution in [0.3, 0.4) is 0 Å². The Labute approximate surface area is 216 Å². The molecule has 1 aliphatic rings. The number of aromatic amines is 1. The molecule has 0 radical (unpaired) electrons. The Hall–Kier alpha value is -3.78. The molecular weight excluding hydrogens is 473 g/mol. The number of hydrogen-bond acceptors (Lipinski definition) is 5. The maximum absolute atomic E-state index is 13.8. The van der Waals surface area contributed by atoms with Crippen molar-refractivity contribution in [2.24, 2.45) is 0 Å². The van der Waals surface area contributed by atoms with Crippen molar-refractivity contribution in [2.45, 2.75) is 32.7 Å². The highest BCUT2D eigenvalue weighted by molar-refractivity contribution is 7.17. The van der Waals surface area contributed by atoms with Gasteiger partial charge in [-0.1, -0.05) is 18.2 Å². The van der Waals surface area contributed by atoms with E-state index in [1.165, 1.54) is 29.3 Å². The zero-order chi connectivity index (χ0) is 24.9. The van der Waals surface area contributed by atoms with Crippen molar-refractivity contribution >= 4 is 44.7 Å². The molecule has 3 aromatic heterocycles. The molecule has 2 N–H and O–H groups in total. The molecule has 1 saturated heterocycles. The van der Waals surface area contributed by atoms with Crippen molar-refractivity contribution < 1.29 is 12.0 Å². The van der Waals surface area contributed by atoms with Crippen LogP contribution in [0.4, 0.5) is 10.2 Å². The summed E-state index contributed by atoms with van der Waals surface area (Å²) in [6.07, 6.45) is 6.00. The number of fused-ring (bicyclic) bond motifs is 2. The fourth-order valence-corrected chi connectivity index (χ4v) is 5.26. The summed E-state index contributed by atoms with van der Waals surface area (Å²) in [4.78, 5) is 24.5. The van der Waals surface area contributed by atoms with Crippen LogP contribution in [-0.4, -0.2) is 34.5 Å². The molecule has 0 aliphatic carbocycles. The number of H-pyrrole nitrogens is 1. The highest BCUT2D eigenvalue weighted by Gasteiger charge is 2.17. The number of nitrogens with zero attached hydrogens (tertiary/aromatic N) is 3. The highest BCUT2D eigenvalue weighted by atomic mass is 32.1. The van der Waals surface area contributed by atoms with Crippen molar-refractivity contribution in [2.75, 3.05) is 18.0 Å². The molecule has 1 aliphatic heterocycles. The van der Waals surface area contributed by atoms with Gasteiger partial charge in [0.15, 0.2) is 0 Å². The molecule has 0 unspecified atom stereocenters. The highest BCUT2D eigenvalue weighted by Crippen LogP contribution is 2.30. The number of amides is 1. The van der Waals surface area contributed by atoms with Gasteiger partial charge >= 0.3 is 0 Å². The number of rotatable bonds is 5. The molecule has 188 valence electrons. The number of benzene rings is 2. The second kappa shape index (κ2) is 10.9. The summed E-state index contributed by atoms with van der Waals surface area (Å²) in [7, 11) is 0. The number of carbonyl (C=O) groups excluding carboxylic acids is 1. The average molecular weight is 506 g/mol. The van der Waals surface area contributed by atoms with Gasteiger partial charge in [-0.3, -0.25) is 4.79 Å². The number of anilines is 1. The lowest BCUT2D eigenvalue weighted by Crippen LogP contribution is -2.30. The minimum atomic E-state index is -0.191.